The van der Waals surface area contributed by atoms with Crippen LogP contribution in [0.15, 0.2) is 9.95 Å². The van der Waals surface area contributed by atoms with Gasteiger partial charge in [-0.1, -0.05) is 25.6 Å². The first-order valence-corrected chi connectivity index (χ1v) is 11.8. The molecule has 3 aromatic rings. The molecule has 152 valence electrons. The Morgan fingerprint density at radius 2 is 2.00 bits per heavy atom. The molecule has 3 aromatic heterocycles. The number of hydrogen-bond donors (Lipinski definition) is 0. The second-order valence-electron chi connectivity index (χ2n) is 7.03. The van der Waals surface area contributed by atoms with Crippen molar-refractivity contribution in [2.75, 3.05) is 38.6 Å². The molecule has 0 saturated carbocycles. The number of aromatic nitrogens is 4. The van der Waals surface area contributed by atoms with Crippen molar-refractivity contribution in [2.24, 2.45) is 0 Å². The zero-order chi connectivity index (χ0) is 19.7. The predicted molar refractivity (Wildman–Crippen MR) is 115 cm³/mol. The minimum Gasteiger partial charge on any atom is -0.379 e. The molecule has 0 spiro atoms. The van der Waals surface area contributed by atoms with Gasteiger partial charge in [-0.3, -0.25) is 9.69 Å². The summed E-state index contributed by atoms with van der Waals surface area (Å²) in [5, 5.41) is 6.31. The van der Waals surface area contributed by atoms with Crippen LogP contribution < -0.4 is 5.56 Å². The molecule has 1 saturated heterocycles. The summed E-state index contributed by atoms with van der Waals surface area (Å²) in [5.41, 5.74) is 1.15. The van der Waals surface area contributed by atoms with Crippen LogP contribution in [0, 0.1) is 6.92 Å². The SMILES string of the molecule is CCCSc1nn(CCN2CCOCC2)c2nc3sc(C)c(CC)c3c(=O)n12. The smallest absolute Gasteiger partial charge is 0.270 e. The Hall–Kier alpha value is -1.42. The van der Waals surface area contributed by atoms with Gasteiger partial charge in [0.2, 0.25) is 5.78 Å². The minimum atomic E-state index is 0.0254. The number of morpholine rings is 1. The summed E-state index contributed by atoms with van der Waals surface area (Å²) in [6.07, 6.45) is 1.88. The zero-order valence-corrected chi connectivity index (χ0v) is 18.4. The number of hydrogen-bond acceptors (Lipinski definition) is 7. The molecule has 0 aromatic carbocycles. The van der Waals surface area contributed by atoms with E-state index >= 15 is 0 Å². The van der Waals surface area contributed by atoms with Gasteiger partial charge in [0.05, 0.1) is 25.1 Å². The molecular formula is C19H27N5O2S2. The maximum atomic E-state index is 13.4. The van der Waals surface area contributed by atoms with Crippen LogP contribution in [-0.2, 0) is 17.7 Å². The molecule has 1 fully saturated rings. The molecule has 7 nitrogen and oxygen atoms in total. The molecule has 0 bridgehead atoms. The molecule has 1 aliphatic rings. The van der Waals surface area contributed by atoms with Crippen LogP contribution in [0.1, 0.15) is 30.7 Å². The number of nitrogens with zero attached hydrogens (tertiary/aromatic N) is 5. The van der Waals surface area contributed by atoms with E-state index in [1.54, 1.807) is 27.5 Å². The molecular weight excluding hydrogens is 394 g/mol. The average Bonchev–Trinajstić information content (AvgIpc) is 3.22. The molecule has 0 amide bonds. The maximum absolute atomic E-state index is 13.4. The zero-order valence-electron chi connectivity index (χ0n) is 16.7. The van der Waals surface area contributed by atoms with Gasteiger partial charge < -0.3 is 4.74 Å². The summed E-state index contributed by atoms with van der Waals surface area (Å²) >= 11 is 3.25. The van der Waals surface area contributed by atoms with E-state index in [1.165, 1.54) is 4.88 Å². The molecule has 0 atom stereocenters. The number of thiophene rings is 1. The molecule has 4 rings (SSSR count). The quantitative estimate of drug-likeness (QED) is 0.547. The van der Waals surface area contributed by atoms with E-state index in [1.807, 2.05) is 4.68 Å². The summed E-state index contributed by atoms with van der Waals surface area (Å²) in [5.74, 6) is 1.59. The number of thioether (sulfide) groups is 1. The Labute approximate surface area is 172 Å². The van der Waals surface area contributed by atoms with Crippen molar-refractivity contribution in [3.8, 4) is 0 Å². The molecule has 0 N–H and O–H groups in total. The summed E-state index contributed by atoms with van der Waals surface area (Å²) in [7, 11) is 0. The van der Waals surface area contributed by atoms with Crippen LogP contribution in [0.25, 0.3) is 16.0 Å². The molecule has 0 radical (unpaired) electrons. The fourth-order valence-corrected chi connectivity index (χ4v) is 5.60. The Morgan fingerprint density at radius 3 is 2.71 bits per heavy atom. The molecule has 0 unspecified atom stereocenters. The van der Waals surface area contributed by atoms with E-state index in [2.05, 4.69) is 25.7 Å². The standard InChI is InChI=1S/C19H27N5O2S2/c1-4-12-27-19-21-23(7-6-22-8-10-26-11-9-22)18-20-16-15(17(25)24(18)19)14(5-2)13(3)28-16/h4-12H2,1-3H3. The Bertz CT molecular complexity index is 1030. The monoisotopic (exact) mass is 421 g/mol. The lowest BCUT2D eigenvalue weighted by atomic mass is 10.1. The van der Waals surface area contributed by atoms with E-state index in [0.29, 0.717) is 5.78 Å². The van der Waals surface area contributed by atoms with Gasteiger partial charge in [-0.15, -0.1) is 16.4 Å². The van der Waals surface area contributed by atoms with Crippen LogP contribution in [0.5, 0.6) is 0 Å². The van der Waals surface area contributed by atoms with Gasteiger partial charge in [-0.05, 0) is 25.3 Å². The Morgan fingerprint density at radius 1 is 1.21 bits per heavy atom. The maximum Gasteiger partial charge on any atom is 0.270 e. The van der Waals surface area contributed by atoms with Crippen molar-refractivity contribution in [3.05, 3.63) is 20.8 Å². The fraction of sp³-hybridized carbons (Fsp3) is 0.632. The highest BCUT2D eigenvalue weighted by molar-refractivity contribution is 7.99. The second-order valence-corrected chi connectivity index (χ2v) is 9.30. The van der Waals surface area contributed by atoms with E-state index in [-0.39, 0.29) is 5.56 Å². The second kappa shape index (κ2) is 8.52. The van der Waals surface area contributed by atoms with Crippen LogP contribution in [0.3, 0.4) is 0 Å². The lowest BCUT2D eigenvalue weighted by molar-refractivity contribution is 0.0360. The van der Waals surface area contributed by atoms with Gasteiger partial charge in [-0.2, -0.15) is 0 Å². The van der Waals surface area contributed by atoms with Crippen molar-refractivity contribution in [2.45, 2.75) is 45.3 Å². The Balaban J connectivity index is 1.79. The van der Waals surface area contributed by atoms with Gasteiger partial charge in [0.1, 0.15) is 4.83 Å². The van der Waals surface area contributed by atoms with Crippen molar-refractivity contribution < 1.29 is 4.74 Å². The first-order valence-electron chi connectivity index (χ1n) is 9.98. The molecule has 9 heteroatoms. The third kappa shape index (κ3) is 3.60. The Kier molecular flexibility index (Phi) is 6.05. The highest BCUT2D eigenvalue weighted by Gasteiger charge is 2.21. The topological polar surface area (TPSA) is 64.7 Å². The van der Waals surface area contributed by atoms with E-state index in [4.69, 9.17) is 14.8 Å². The molecule has 28 heavy (non-hydrogen) atoms. The van der Waals surface area contributed by atoms with Crippen molar-refractivity contribution in [1.82, 2.24) is 24.1 Å². The highest BCUT2D eigenvalue weighted by atomic mass is 32.2. The van der Waals surface area contributed by atoms with Crippen molar-refractivity contribution in [3.63, 3.8) is 0 Å². The normalized spacial score (nSPS) is 15.8. The highest BCUT2D eigenvalue weighted by Crippen LogP contribution is 2.29. The third-order valence-corrected chi connectivity index (χ3v) is 7.33. The lowest BCUT2D eigenvalue weighted by Gasteiger charge is -2.26. The van der Waals surface area contributed by atoms with E-state index in [0.717, 1.165) is 78.9 Å². The number of ether oxygens (including phenoxy) is 1. The van der Waals surface area contributed by atoms with Gasteiger partial charge >= 0.3 is 0 Å². The fourth-order valence-electron chi connectivity index (χ4n) is 3.67. The largest absolute Gasteiger partial charge is 0.379 e. The summed E-state index contributed by atoms with van der Waals surface area (Å²) in [6.45, 7) is 11.4. The first-order chi connectivity index (χ1) is 13.6. The number of aryl methyl sites for hydroxylation is 2. The van der Waals surface area contributed by atoms with Gasteiger partial charge in [0, 0.05) is 30.3 Å². The first kappa shape index (κ1) is 19.9. The van der Waals surface area contributed by atoms with Crippen molar-refractivity contribution >= 4 is 39.1 Å². The predicted octanol–water partition coefficient (Wildman–Crippen LogP) is 2.81. The summed E-state index contributed by atoms with van der Waals surface area (Å²) in [4.78, 5) is 22.7. The minimum absolute atomic E-state index is 0.0254. The van der Waals surface area contributed by atoms with Crippen LogP contribution >= 0.6 is 23.1 Å². The van der Waals surface area contributed by atoms with E-state index < -0.39 is 0 Å². The molecule has 1 aliphatic heterocycles. The van der Waals surface area contributed by atoms with Gasteiger partial charge in [0.25, 0.3) is 5.56 Å². The molecule has 0 aliphatic carbocycles. The summed E-state index contributed by atoms with van der Waals surface area (Å²) < 4.78 is 9.08. The van der Waals surface area contributed by atoms with Crippen LogP contribution in [-0.4, -0.2) is 62.7 Å². The van der Waals surface area contributed by atoms with Crippen LogP contribution in [0.2, 0.25) is 0 Å². The number of rotatable bonds is 7. The molecule has 4 heterocycles. The van der Waals surface area contributed by atoms with Crippen LogP contribution in [0.4, 0.5) is 0 Å². The van der Waals surface area contributed by atoms with Gasteiger partial charge in [-0.25, -0.2) is 14.1 Å². The van der Waals surface area contributed by atoms with E-state index in [9.17, 15) is 4.79 Å². The van der Waals surface area contributed by atoms with Gasteiger partial charge in [0.15, 0.2) is 5.16 Å². The third-order valence-electron chi connectivity index (χ3n) is 5.16. The summed E-state index contributed by atoms with van der Waals surface area (Å²) in [6, 6.07) is 0. The number of fused-ring (bicyclic) bond motifs is 2. The van der Waals surface area contributed by atoms with Crippen molar-refractivity contribution in [1.29, 1.82) is 0 Å². The average molecular weight is 422 g/mol. The lowest BCUT2D eigenvalue weighted by Crippen LogP contribution is -2.38.